The molecule has 8 heteroatoms. The van der Waals surface area contributed by atoms with Gasteiger partial charge in [-0.15, -0.1) is 11.3 Å². The first-order valence-corrected chi connectivity index (χ1v) is 10.5. The predicted molar refractivity (Wildman–Crippen MR) is 96.5 cm³/mol. The highest BCUT2D eigenvalue weighted by molar-refractivity contribution is 7.91. The van der Waals surface area contributed by atoms with E-state index in [1.807, 2.05) is 0 Å². The molecule has 1 aromatic carbocycles. The first kappa shape index (κ1) is 17.8. The van der Waals surface area contributed by atoms with E-state index in [0.717, 1.165) is 0 Å². The van der Waals surface area contributed by atoms with Gasteiger partial charge in [-0.25, -0.2) is 8.42 Å². The summed E-state index contributed by atoms with van der Waals surface area (Å²) in [7, 11) is -3.09. The minimum Gasteiger partial charge on any atom is -0.330 e. The van der Waals surface area contributed by atoms with Crippen molar-refractivity contribution in [3.8, 4) is 0 Å². The van der Waals surface area contributed by atoms with Crippen LogP contribution in [0.5, 0.6) is 0 Å². The van der Waals surface area contributed by atoms with Gasteiger partial charge in [0.25, 0.3) is 5.91 Å². The summed E-state index contributed by atoms with van der Waals surface area (Å²) < 4.78 is 23.3. The zero-order valence-electron chi connectivity index (χ0n) is 13.3. The van der Waals surface area contributed by atoms with Crippen molar-refractivity contribution in [3.05, 3.63) is 58.3 Å². The molecule has 1 saturated heterocycles. The number of thiophene rings is 1. The van der Waals surface area contributed by atoms with Crippen LogP contribution in [0.2, 0.25) is 0 Å². The molecule has 1 aliphatic heterocycles. The highest BCUT2D eigenvalue weighted by Gasteiger charge is 2.32. The molecule has 0 radical (unpaired) electrons. The van der Waals surface area contributed by atoms with Crippen molar-refractivity contribution in [2.75, 3.05) is 11.5 Å². The molecule has 2 heterocycles. The third kappa shape index (κ3) is 4.53. The molecule has 1 aromatic heterocycles. The van der Waals surface area contributed by atoms with Crippen LogP contribution in [0.25, 0.3) is 0 Å². The predicted octanol–water partition coefficient (Wildman–Crippen LogP) is 1.46. The van der Waals surface area contributed by atoms with E-state index in [4.69, 9.17) is 0 Å². The third-order valence-electron chi connectivity index (χ3n) is 3.97. The lowest BCUT2D eigenvalue weighted by Crippen LogP contribution is -2.54. The highest BCUT2D eigenvalue weighted by Crippen LogP contribution is 2.15. The van der Waals surface area contributed by atoms with E-state index in [-0.39, 0.29) is 29.2 Å². The van der Waals surface area contributed by atoms with E-state index in [9.17, 15) is 18.0 Å². The molecule has 2 atom stereocenters. The second-order valence-corrected chi connectivity index (χ2v) is 9.06. The van der Waals surface area contributed by atoms with Gasteiger partial charge in [-0.3, -0.25) is 14.9 Å². The van der Waals surface area contributed by atoms with E-state index in [0.29, 0.717) is 16.9 Å². The Balaban J connectivity index is 1.77. The number of benzene rings is 1. The minimum absolute atomic E-state index is 0.0254. The molecular formula is C17H18N2O4S2. The zero-order valence-corrected chi connectivity index (χ0v) is 15.0. The fourth-order valence-electron chi connectivity index (χ4n) is 2.71. The Bertz CT molecular complexity index is 848. The molecule has 0 bridgehead atoms. The van der Waals surface area contributed by atoms with Gasteiger partial charge in [0, 0.05) is 11.6 Å². The third-order valence-corrected chi connectivity index (χ3v) is 6.62. The van der Waals surface area contributed by atoms with Crippen molar-refractivity contribution in [1.29, 1.82) is 0 Å². The number of rotatable bonds is 6. The van der Waals surface area contributed by atoms with Crippen molar-refractivity contribution >= 4 is 32.9 Å². The monoisotopic (exact) mass is 378 g/mol. The molecule has 0 saturated carbocycles. The number of ketones is 1. The van der Waals surface area contributed by atoms with Crippen molar-refractivity contribution < 1.29 is 18.0 Å². The maximum atomic E-state index is 12.7. The summed E-state index contributed by atoms with van der Waals surface area (Å²) in [6, 6.07) is 11.7. The SMILES string of the molecule is O=C(N[C@H](N[C@@H]1CCS(=O)(=O)C1)C(=O)c1cccs1)c1ccccc1. The molecule has 2 aromatic rings. The first-order valence-electron chi connectivity index (χ1n) is 7.85. The average molecular weight is 378 g/mol. The van der Waals surface area contributed by atoms with Gasteiger partial charge < -0.3 is 5.32 Å². The Morgan fingerprint density at radius 1 is 1.12 bits per heavy atom. The van der Waals surface area contributed by atoms with Gasteiger partial charge in [0.05, 0.1) is 16.4 Å². The molecule has 6 nitrogen and oxygen atoms in total. The molecule has 1 aliphatic rings. The maximum Gasteiger partial charge on any atom is 0.252 e. The number of amides is 1. The van der Waals surface area contributed by atoms with Gasteiger partial charge in [-0.1, -0.05) is 24.3 Å². The van der Waals surface area contributed by atoms with Crippen LogP contribution in [0.1, 0.15) is 26.5 Å². The Morgan fingerprint density at radius 3 is 2.48 bits per heavy atom. The molecule has 3 rings (SSSR count). The van der Waals surface area contributed by atoms with Crippen LogP contribution in [-0.2, 0) is 9.84 Å². The average Bonchev–Trinajstić information content (AvgIpc) is 3.24. The van der Waals surface area contributed by atoms with Crippen LogP contribution in [0.3, 0.4) is 0 Å². The van der Waals surface area contributed by atoms with Crippen LogP contribution in [-0.4, -0.2) is 43.8 Å². The Morgan fingerprint density at radius 2 is 1.88 bits per heavy atom. The van der Waals surface area contributed by atoms with E-state index in [1.54, 1.807) is 47.8 Å². The molecule has 0 unspecified atom stereocenters. The molecule has 1 fully saturated rings. The van der Waals surface area contributed by atoms with E-state index < -0.39 is 16.0 Å². The highest BCUT2D eigenvalue weighted by atomic mass is 32.2. The number of sulfone groups is 1. The number of hydrogen-bond acceptors (Lipinski definition) is 6. The summed E-state index contributed by atoms with van der Waals surface area (Å²) in [4.78, 5) is 25.6. The van der Waals surface area contributed by atoms with E-state index in [2.05, 4.69) is 10.6 Å². The minimum atomic E-state index is -3.09. The van der Waals surface area contributed by atoms with Crippen molar-refractivity contribution in [3.63, 3.8) is 0 Å². The normalized spacial score (nSPS) is 20.1. The van der Waals surface area contributed by atoms with Crippen LogP contribution < -0.4 is 10.6 Å². The number of Topliss-reactive ketones (excluding diaryl/α,β-unsaturated/α-hetero) is 1. The fourth-order valence-corrected chi connectivity index (χ4v) is 5.09. The molecule has 0 spiro atoms. The number of carbonyl (C=O) groups excluding carboxylic acids is 2. The molecule has 2 N–H and O–H groups in total. The van der Waals surface area contributed by atoms with E-state index in [1.165, 1.54) is 11.3 Å². The summed E-state index contributed by atoms with van der Waals surface area (Å²) in [5.41, 5.74) is 0.437. The topological polar surface area (TPSA) is 92.3 Å². The van der Waals surface area contributed by atoms with Gasteiger partial charge in [-0.05, 0) is 30.0 Å². The van der Waals surface area contributed by atoms with Crippen molar-refractivity contribution in [2.24, 2.45) is 0 Å². The van der Waals surface area contributed by atoms with Gasteiger partial charge in [0.1, 0.15) is 6.17 Å². The lowest BCUT2D eigenvalue weighted by molar-refractivity contribution is 0.0834. The lowest BCUT2D eigenvalue weighted by atomic mass is 10.1. The number of hydrogen-bond donors (Lipinski definition) is 2. The number of carbonyl (C=O) groups is 2. The quantitative estimate of drug-likeness (QED) is 0.587. The maximum absolute atomic E-state index is 12.7. The van der Waals surface area contributed by atoms with E-state index >= 15 is 0 Å². The van der Waals surface area contributed by atoms with Crippen LogP contribution >= 0.6 is 11.3 Å². The molecular weight excluding hydrogens is 360 g/mol. The summed E-state index contributed by atoms with van der Waals surface area (Å²) in [6.45, 7) is 0. The second kappa shape index (κ2) is 7.47. The van der Waals surface area contributed by atoms with Gasteiger partial charge in [0.15, 0.2) is 9.84 Å². The fraction of sp³-hybridized carbons (Fsp3) is 0.294. The molecule has 0 aliphatic carbocycles. The zero-order chi connectivity index (χ0) is 17.9. The summed E-state index contributed by atoms with van der Waals surface area (Å²) in [6.07, 6.45) is -0.540. The van der Waals surface area contributed by atoms with Crippen LogP contribution in [0, 0.1) is 0 Å². The van der Waals surface area contributed by atoms with Crippen molar-refractivity contribution in [2.45, 2.75) is 18.6 Å². The standard InChI is InChI=1S/C17H18N2O4S2/c20-15(14-7-4-9-24-14)16(18-13-8-10-25(22,23)11-13)19-17(21)12-5-2-1-3-6-12/h1-7,9,13,16,18H,8,10-11H2,(H,19,21)/t13-,16+/m1/s1. The largest absolute Gasteiger partial charge is 0.330 e. The van der Waals surface area contributed by atoms with Crippen LogP contribution in [0.4, 0.5) is 0 Å². The number of nitrogens with one attached hydrogen (secondary N) is 2. The Kier molecular flexibility index (Phi) is 5.31. The van der Waals surface area contributed by atoms with Gasteiger partial charge >= 0.3 is 0 Å². The molecule has 25 heavy (non-hydrogen) atoms. The summed E-state index contributed by atoms with van der Waals surface area (Å²) >= 11 is 1.28. The van der Waals surface area contributed by atoms with Crippen molar-refractivity contribution in [1.82, 2.24) is 10.6 Å². The molecule has 1 amide bonds. The summed E-state index contributed by atoms with van der Waals surface area (Å²) in [5, 5.41) is 7.48. The first-order chi connectivity index (χ1) is 11.9. The summed E-state index contributed by atoms with van der Waals surface area (Å²) in [5.74, 6) is -0.591. The Hall–Kier alpha value is -2.03. The van der Waals surface area contributed by atoms with Crippen LogP contribution in [0.15, 0.2) is 47.8 Å². The Labute approximate surface area is 150 Å². The van der Waals surface area contributed by atoms with Gasteiger partial charge in [-0.2, -0.15) is 0 Å². The van der Waals surface area contributed by atoms with Gasteiger partial charge in [0.2, 0.25) is 5.78 Å². The smallest absolute Gasteiger partial charge is 0.252 e. The second-order valence-electron chi connectivity index (χ2n) is 5.88. The molecule has 132 valence electrons. The lowest BCUT2D eigenvalue weighted by Gasteiger charge is -2.22.